The van der Waals surface area contributed by atoms with Crippen molar-refractivity contribution in [3.05, 3.63) is 115 Å². The summed E-state index contributed by atoms with van der Waals surface area (Å²) in [7, 11) is 0. The Kier molecular flexibility index (Phi) is 5.10. The molecule has 150 valence electrons. The van der Waals surface area contributed by atoms with Gasteiger partial charge in [0.25, 0.3) is 0 Å². The Balaban J connectivity index is 2.24. The maximum atomic E-state index is 13.6. The Labute approximate surface area is 179 Å². The van der Waals surface area contributed by atoms with Crippen molar-refractivity contribution in [3.8, 4) is 17.1 Å². The zero-order valence-corrected chi connectivity index (χ0v) is 17.8. The lowest BCUT2D eigenvalue weighted by atomic mass is 10.2. The smallest absolute Gasteiger partial charge is 0.247 e. The predicted octanol–water partition coefficient (Wildman–Crippen LogP) is 4.43. The van der Waals surface area contributed by atoms with Gasteiger partial charge >= 0.3 is 11.4 Å². The Bertz CT molecular complexity index is 1240. The maximum Gasteiger partial charge on any atom is 0.343 e. The van der Waals surface area contributed by atoms with Crippen LogP contribution in [0.25, 0.3) is 17.1 Å². The molecule has 3 aromatic carbocycles. The van der Waals surface area contributed by atoms with Gasteiger partial charge in [0.2, 0.25) is 0 Å². The third-order valence-corrected chi connectivity index (χ3v) is 5.58. The summed E-state index contributed by atoms with van der Waals surface area (Å²) in [5, 5.41) is 0. The molecule has 0 aliphatic heterocycles. The molecule has 0 aliphatic rings. The SMILES string of the molecule is Cc1ccccc1-n1c(=O)n(-c2ccccc2C)c(=S)n(-c2ccccc2C)c1=O. The molecule has 0 bridgehead atoms. The molecule has 0 radical (unpaired) electrons. The normalized spacial score (nSPS) is 10.9. The molecule has 1 aromatic heterocycles. The van der Waals surface area contributed by atoms with Crippen molar-refractivity contribution in [3.63, 3.8) is 0 Å². The monoisotopic (exact) mass is 415 g/mol. The van der Waals surface area contributed by atoms with Gasteiger partial charge in [-0.3, -0.25) is 0 Å². The molecular weight excluding hydrogens is 394 g/mol. The molecule has 0 N–H and O–H groups in total. The van der Waals surface area contributed by atoms with Crippen LogP contribution in [0.2, 0.25) is 0 Å². The Morgan fingerprint density at radius 2 is 0.833 bits per heavy atom. The van der Waals surface area contributed by atoms with Crippen molar-refractivity contribution in [1.29, 1.82) is 0 Å². The molecule has 4 aromatic rings. The van der Waals surface area contributed by atoms with Crippen molar-refractivity contribution in [1.82, 2.24) is 13.7 Å². The highest BCUT2D eigenvalue weighted by atomic mass is 32.1. The second kappa shape index (κ2) is 7.72. The van der Waals surface area contributed by atoms with Gasteiger partial charge in [0, 0.05) is 0 Å². The number of rotatable bonds is 3. The van der Waals surface area contributed by atoms with Crippen LogP contribution in [0.3, 0.4) is 0 Å². The molecule has 0 saturated heterocycles. The van der Waals surface area contributed by atoms with Crippen LogP contribution in [0, 0.1) is 25.5 Å². The summed E-state index contributed by atoms with van der Waals surface area (Å²) in [6.07, 6.45) is 0. The second-order valence-electron chi connectivity index (χ2n) is 7.21. The van der Waals surface area contributed by atoms with E-state index in [0.717, 1.165) is 16.7 Å². The predicted molar refractivity (Wildman–Crippen MR) is 122 cm³/mol. The van der Waals surface area contributed by atoms with Gasteiger partial charge in [0.15, 0.2) is 4.77 Å². The number of nitrogens with zero attached hydrogens (tertiary/aromatic N) is 3. The van der Waals surface area contributed by atoms with E-state index in [1.54, 1.807) is 6.07 Å². The van der Waals surface area contributed by atoms with Crippen LogP contribution < -0.4 is 11.4 Å². The molecule has 0 aliphatic carbocycles. The third kappa shape index (κ3) is 3.15. The first kappa shape index (κ1) is 19.8. The Morgan fingerprint density at radius 3 is 1.17 bits per heavy atom. The Morgan fingerprint density at radius 1 is 0.533 bits per heavy atom. The van der Waals surface area contributed by atoms with Gasteiger partial charge in [0.05, 0.1) is 17.1 Å². The molecule has 0 spiro atoms. The van der Waals surface area contributed by atoms with E-state index in [9.17, 15) is 9.59 Å². The van der Waals surface area contributed by atoms with Crippen molar-refractivity contribution in [2.45, 2.75) is 20.8 Å². The van der Waals surface area contributed by atoms with Gasteiger partial charge in [0.1, 0.15) is 0 Å². The summed E-state index contributed by atoms with van der Waals surface area (Å²) in [6.45, 7) is 5.70. The minimum Gasteiger partial charge on any atom is -0.247 e. The minimum absolute atomic E-state index is 0.137. The number of aromatic nitrogens is 3. The fourth-order valence-corrected chi connectivity index (χ4v) is 3.96. The lowest BCUT2D eigenvalue weighted by Crippen LogP contribution is -2.44. The summed E-state index contributed by atoms with van der Waals surface area (Å²) in [6, 6.07) is 22.3. The molecule has 4 rings (SSSR count). The zero-order valence-electron chi connectivity index (χ0n) is 17.0. The van der Waals surface area contributed by atoms with Crippen LogP contribution >= 0.6 is 12.2 Å². The van der Waals surface area contributed by atoms with Crippen LogP contribution in [-0.2, 0) is 0 Å². The van der Waals surface area contributed by atoms with E-state index in [4.69, 9.17) is 12.2 Å². The largest absolute Gasteiger partial charge is 0.343 e. The highest BCUT2D eigenvalue weighted by molar-refractivity contribution is 7.71. The highest BCUT2D eigenvalue weighted by Gasteiger charge is 2.19. The van der Waals surface area contributed by atoms with Crippen molar-refractivity contribution >= 4 is 12.2 Å². The molecule has 0 fully saturated rings. The van der Waals surface area contributed by atoms with E-state index >= 15 is 0 Å². The molecule has 0 saturated carbocycles. The molecule has 0 atom stereocenters. The summed E-state index contributed by atoms with van der Waals surface area (Å²) in [5.41, 5.74) is 3.45. The third-order valence-electron chi connectivity index (χ3n) is 5.22. The van der Waals surface area contributed by atoms with Gasteiger partial charge in [-0.15, -0.1) is 0 Å². The van der Waals surface area contributed by atoms with Crippen LogP contribution in [0.1, 0.15) is 16.7 Å². The van der Waals surface area contributed by atoms with E-state index in [2.05, 4.69) is 0 Å². The summed E-state index contributed by atoms with van der Waals surface area (Å²) in [5.74, 6) is 0. The molecule has 0 unspecified atom stereocenters. The van der Waals surface area contributed by atoms with Crippen LogP contribution in [0.4, 0.5) is 0 Å². The number of benzene rings is 3. The number of hydrogen-bond donors (Lipinski definition) is 0. The highest BCUT2D eigenvalue weighted by Crippen LogP contribution is 2.17. The lowest BCUT2D eigenvalue weighted by molar-refractivity contribution is 0.676. The maximum absolute atomic E-state index is 13.6. The van der Waals surface area contributed by atoms with Gasteiger partial charge in [-0.25, -0.2) is 23.3 Å². The van der Waals surface area contributed by atoms with Crippen LogP contribution in [0.5, 0.6) is 0 Å². The number of aryl methyl sites for hydroxylation is 3. The zero-order chi connectivity index (χ0) is 21.4. The first-order chi connectivity index (χ1) is 14.4. The summed E-state index contributed by atoms with van der Waals surface area (Å²) < 4.78 is 4.21. The molecule has 0 amide bonds. The number of hydrogen-bond acceptors (Lipinski definition) is 3. The van der Waals surface area contributed by atoms with E-state index in [1.165, 1.54) is 13.7 Å². The number of para-hydroxylation sites is 3. The molecule has 6 heteroatoms. The quantitative estimate of drug-likeness (QED) is 0.465. The van der Waals surface area contributed by atoms with Crippen molar-refractivity contribution in [2.75, 3.05) is 0 Å². The lowest BCUT2D eigenvalue weighted by Gasteiger charge is -2.18. The van der Waals surface area contributed by atoms with Crippen LogP contribution in [0.15, 0.2) is 82.4 Å². The second-order valence-corrected chi connectivity index (χ2v) is 7.58. The van der Waals surface area contributed by atoms with Crippen LogP contribution in [-0.4, -0.2) is 13.7 Å². The fraction of sp³-hybridized carbons (Fsp3) is 0.125. The van der Waals surface area contributed by atoms with E-state index < -0.39 is 11.4 Å². The van der Waals surface area contributed by atoms with E-state index in [0.29, 0.717) is 17.1 Å². The van der Waals surface area contributed by atoms with Gasteiger partial charge in [-0.05, 0) is 67.9 Å². The fourth-order valence-electron chi connectivity index (χ4n) is 3.61. The first-order valence-corrected chi connectivity index (χ1v) is 10.0. The van der Waals surface area contributed by atoms with Crippen molar-refractivity contribution in [2.24, 2.45) is 0 Å². The average Bonchev–Trinajstić information content (AvgIpc) is 2.72. The van der Waals surface area contributed by atoms with Crippen molar-refractivity contribution < 1.29 is 0 Å². The summed E-state index contributed by atoms with van der Waals surface area (Å²) >= 11 is 5.71. The standard InChI is InChI=1S/C24H21N3O2S/c1-16-10-4-7-13-19(16)25-22(28)26(20-14-8-5-11-17(20)2)24(30)27(23(25)29)21-15-9-6-12-18(21)3/h4-15H,1-3H3. The van der Waals surface area contributed by atoms with Gasteiger partial charge in [-0.2, -0.15) is 0 Å². The minimum atomic E-state index is -0.488. The summed E-state index contributed by atoms with van der Waals surface area (Å²) in [4.78, 5) is 27.3. The van der Waals surface area contributed by atoms with E-state index in [-0.39, 0.29) is 4.77 Å². The topological polar surface area (TPSA) is 48.9 Å². The average molecular weight is 416 g/mol. The van der Waals surface area contributed by atoms with Gasteiger partial charge < -0.3 is 0 Å². The molecule has 1 heterocycles. The molecule has 30 heavy (non-hydrogen) atoms. The van der Waals surface area contributed by atoms with Gasteiger partial charge in [-0.1, -0.05) is 54.6 Å². The first-order valence-electron chi connectivity index (χ1n) is 9.61. The molecular formula is C24H21N3O2S. The van der Waals surface area contributed by atoms with E-state index in [1.807, 2.05) is 87.5 Å². The molecule has 5 nitrogen and oxygen atoms in total. The Hall–Kier alpha value is -3.51.